The van der Waals surface area contributed by atoms with Crippen molar-refractivity contribution in [3.63, 3.8) is 0 Å². The molecule has 21 heavy (non-hydrogen) atoms. The first-order valence-electron chi connectivity index (χ1n) is 6.53. The van der Waals surface area contributed by atoms with Crippen LogP contribution >= 0.6 is 0 Å². The maximum absolute atomic E-state index is 11.2. The monoisotopic (exact) mass is 280 g/mol. The third kappa shape index (κ3) is 3.71. The molecule has 0 aliphatic carbocycles. The molecule has 0 aliphatic rings. The Morgan fingerprint density at radius 2 is 1.67 bits per heavy atom. The molecule has 0 spiro atoms. The van der Waals surface area contributed by atoms with Gasteiger partial charge in [-0.25, -0.2) is 4.79 Å². The summed E-state index contributed by atoms with van der Waals surface area (Å²) in [5.74, 6) is 4.74. The van der Waals surface area contributed by atoms with Crippen molar-refractivity contribution < 1.29 is 14.3 Å². The Balaban J connectivity index is 2.42. The average molecular weight is 280 g/mol. The fraction of sp³-hybridized carbons (Fsp3) is 0.167. The molecule has 0 N–H and O–H groups in total. The van der Waals surface area contributed by atoms with Gasteiger partial charge in [0, 0.05) is 24.2 Å². The van der Waals surface area contributed by atoms with Crippen LogP contribution in [0.5, 0.6) is 0 Å². The van der Waals surface area contributed by atoms with E-state index in [-0.39, 0.29) is 6.10 Å². The van der Waals surface area contributed by atoms with Crippen LogP contribution < -0.4 is 0 Å². The molecule has 0 radical (unpaired) electrons. The molecule has 3 heteroatoms. The third-order valence-corrected chi connectivity index (χ3v) is 3.07. The molecule has 1 atom stereocenters. The highest BCUT2D eigenvalue weighted by Crippen LogP contribution is 2.27. The fourth-order valence-corrected chi connectivity index (χ4v) is 2.08. The summed E-state index contributed by atoms with van der Waals surface area (Å²) in [5.41, 5.74) is 2.70. The molecule has 0 saturated carbocycles. The van der Waals surface area contributed by atoms with Gasteiger partial charge in [0.25, 0.3) is 0 Å². The number of benzene rings is 2. The van der Waals surface area contributed by atoms with Crippen LogP contribution in [-0.4, -0.2) is 20.2 Å². The molecule has 106 valence electrons. The van der Waals surface area contributed by atoms with Crippen LogP contribution in [0.3, 0.4) is 0 Å². The molecule has 2 aromatic carbocycles. The number of carbonyl (C=O) groups is 1. The van der Waals surface area contributed by atoms with Gasteiger partial charge in [-0.3, -0.25) is 0 Å². The molecular weight excluding hydrogens is 264 g/mol. The Kier molecular flexibility index (Phi) is 5.14. The first-order valence-corrected chi connectivity index (χ1v) is 6.53. The molecule has 0 aliphatic heterocycles. The van der Waals surface area contributed by atoms with E-state index in [4.69, 9.17) is 4.74 Å². The summed E-state index contributed by atoms with van der Waals surface area (Å²) in [6.07, 6.45) is -0.227. The zero-order valence-electron chi connectivity index (χ0n) is 12.0. The first kappa shape index (κ1) is 14.8. The van der Waals surface area contributed by atoms with Gasteiger partial charge in [-0.15, -0.1) is 0 Å². The lowest BCUT2D eigenvalue weighted by molar-refractivity contribution is -0.133. The summed E-state index contributed by atoms with van der Waals surface area (Å²) in [7, 11) is 2.97. The van der Waals surface area contributed by atoms with Gasteiger partial charge in [0.2, 0.25) is 0 Å². The minimum absolute atomic E-state index is 0.227. The zero-order valence-corrected chi connectivity index (χ0v) is 12.0. The number of hydrogen-bond donors (Lipinski definition) is 0. The number of methoxy groups -OCH3 is 2. The van der Waals surface area contributed by atoms with Crippen LogP contribution in [0.25, 0.3) is 0 Å². The summed E-state index contributed by atoms with van der Waals surface area (Å²) in [6, 6.07) is 17.5. The Morgan fingerprint density at radius 1 is 1.00 bits per heavy atom. The molecule has 0 amide bonds. The van der Waals surface area contributed by atoms with E-state index in [1.165, 1.54) is 7.11 Å². The van der Waals surface area contributed by atoms with E-state index in [2.05, 4.69) is 16.6 Å². The van der Waals surface area contributed by atoms with Gasteiger partial charge in [0.15, 0.2) is 0 Å². The van der Waals surface area contributed by atoms with Crippen molar-refractivity contribution >= 4 is 5.97 Å². The molecule has 0 saturated heterocycles. The molecular formula is C18H16O3. The van der Waals surface area contributed by atoms with E-state index in [9.17, 15) is 4.79 Å². The molecule has 0 bridgehead atoms. The predicted octanol–water partition coefficient (Wildman–Crippen LogP) is 2.95. The summed E-state index contributed by atoms with van der Waals surface area (Å²) >= 11 is 0. The van der Waals surface area contributed by atoms with Crippen LogP contribution in [0.15, 0.2) is 54.6 Å². The van der Waals surface area contributed by atoms with Gasteiger partial charge in [-0.2, -0.15) is 0 Å². The second-order valence-electron chi connectivity index (χ2n) is 4.36. The Labute approximate surface area is 124 Å². The van der Waals surface area contributed by atoms with Crippen molar-refractivity contribution in [2.75, 3.05) is 14.2 Å². The largest absolute Gasteiger partial charge is 0.459 e. The SMILES string of the molecule is COC(=O)C#Cc1ccccc1C(OC)c1ccccc1. The van der Waals surface area contributed by atoms with E-state index in [1.807, 2.05) is 54.6 Å². The number of rotatable bonds is 3. The Morgan fingerprint density at radius 3 is 2.33 bits per heavy atom. The number of carbonyl (C=O) groups excluding carboxylic acids is 1. The highest BCUT2D eigenvalue weighted by atomic mass is 16.5. The minimum atomic E-state index is -0.557. The minimum Gasteiger partial charge on any atom is -0.459 e. The molecule has 1 unspecified atom stereocenters. The molecule has 3 nitrogen and oxygen atoms in total. The summed E-state index contributed by atoms with van der Waals surface area (Å²) in [5, 5.41) is 0. The van der Waals surface area contributed by atoms with Crippen LogP contribution in [0, 0.1) is 11.8 Å². The first-order chi connectivity index (χ1) is 10.3. The fourth-order valence-electron chi connectivity index (χ4n) is 2.08. The quantitative estimate of drug-likeness (QED) is 0.640. The molecule has 2 aromatic rings. The van der Waals surface area contributed by atoms with Crippen molar-refractivity contribution in [1.29, 1.82) is 0 Å². The molecule has 0 aromatic heterocycles. The van der Waals surface area contributed by atoms with Gasteiger partial charge in [0.05, 0.1) is 7.11 Å². The van der Waals surface area contributed by atoms with Crippen LogP contribution in [0.4, 0.5) is 0 Å². The Bertz CT molecular complexity index is 666. The average Bonchev–Trinajstić information content (AvgIpc) is 2.55. The lowest BCUT2D eigenvalue weighted by atomic mass is 9.97. The number of esters is 1. The van der Waals surface area contributed by atoms with Crippen LogP contribution in [-0.2, 0) is 14.3 Å². The summed E-state index contributed by atoms with van der Waals surface area (Å²) in [4.78, 5) is 11.2. The van der Waals surface area contributed by atoms with Crippen molar-refractivity contribution in [2.24, 2.45) is 0 Å². The maximum Gasteiger partial charge on any atom is 0.384 e. The van der Waals surface area contributed by atoms with Crippen LogP contribution in [0.1, 0.15) is 22.8 Å². The van der Waals surface area contributed by atoms with E-state index in [1.54, 1.807) is 7.11 Å². The van der Waals surface area contributed by atoms with Gasteiger partial charge < -0.3 is 9.47 Å². The van der Waals surface area contributed by atoms with Crippen LogP contribution in [0.2, 0.25) is 0 Å². The van der Waals surface area contributed by atoms with E-state index < -0.39 is 5.97 Å². The predicted molar refractivity (Wildman–Crippen MR) is 80.6 cm³/mol. The van der Waals surface area contributed by atoms with Crippen molar-refractivity contribution in [3.05, 3.63) is 71.3 Å². The number of ether oxygens (including phenoxy) is 2. The topological polar surface area (TPSA) is 35.5 Å². The second kappa shape index (κ2) is 7.28. The maximum atomic E-state index is 11.2. The van der Waals surface area contributed by atoms with E-state index in [0.717, 1.165) is 16.7 Å². The lowest BCUT2D eigenvalue weighted by Gasteiger charge is -2.17. The molecule has 2 rings (SSSR count). The number of hydrogen-bond acceptors (Lipinski definition) is 3. The van der Waals surface area contributed by atoms with Gasteiger partial charge in [-0.1, -0.05) is 54.5 Å². The van der Waals surface area contributed by atoms with Crippen molar-refractivity contribution in [2.45, 2.75) is 6.10 Å². The summed E-state index contributed by atoms with van der Waals surface area (Å²) < 4.78 is 10.2. The van der Waals surface area contributed by atoms with E-state index in [0.29, 0.717) is 0 Å². The third-order valence-electron chi connectivity index (χ3n) is 3.07. The van der Waals surface area contributed by atoms with Crippen molar-refractivity contribution in [3.8, 4) is 11.8 Å². The molecule has 0 fully saturated rings. The Hall–Kier alpha value is -2.57. The highest BCUT2D eigenvalue weighted by molar-refractivity contribution is 5.89. The highest BCUT2D eigenvalue weighted by Gasteiger charge is 2.15. The molecule has 0 heterocycles. The standard InChI is InChI=1S/C18H16O3/c1-20-17(19)13-12-14-8-6-7-11-16(14)18(21-2)15-9-4-3-5-10-15/h3-11,18H,1-2H3. The second-order valence-corrected chi connectivity index (χ2v) is 4.36. The van der Waals surface area contributed by atoms with E-state index >= 15 is 0 Å². The normalized spacial score (nSPS) is 11.1. The van der Waals surface area contributed by atoms with Gasteiger partial charge in [0.1, 0.15) is 6.10 Å². The smallest absolute Gasteiger partial charge is 0.384 e. The lowest BCUT2D eigenvalue weighted by Crippen LogP contribution is -2.05. The zero-order chi connectivity index (χ0) is 15.1. The van der Waals surface area contributed by atoms with Crippen molar-refractivity contribution in [1.82, 2.24) is 0 Å². The van der Waals surface area contributed by atoms with Gasteiger partial charge >= 0.3 is 5.97 Å². The summed E-state index contributed by atoms with van der Waals surface area (Å²) in [6.45, 7) is 0. The van der Waals surface area contributed by atoms with Gasteiger partial charge in [-0.05, 0) is 11.6 Å².